The first-order chi connectivity index (χ1) is 9.31. The molecule has 6 heteroatoms. The van der Waals surface area contributed by atoms with Crippen molar-refractivity contribution in [1.29, 1.82) is 0 Å². The molecule has 1 heterocycles. The summed E-state index contributed by atoms with van der Waals surface area (Å²) in [7, 11) is 3.61. The molecular weight excluding hydrogens is 260 g/mol. The first kappa shape index (κ1) is 14.0. The van der Waals surface area contributed by atoms with Crippen LogP contribution in [0.3, 0.4) is 0 Å². The van der Waals surface area contributed by atoms with Crippen molar-refractivity contribution < 1.29 is 4.74 Å². The minimum atomic E-state index is 0.721. The predicted molar refractivity (Wildman–Crippen MR) is 75.2 cm³/mol. The zero-order chi connectivity index (χ0) is 13.5. The molecule has 0 saturated heterocycles. The van der Waals surface area contributed by atoms with Gasteiger partial charge in [-0.25, -0.2) is 9.67 Å². The van der Waals surface area contributed by atoms with E-state index in [-0.39, 0.29) is 0 Å². The van der Waals surface area contributed by atoms with Crippen LogP contribution in [-0.4, -0.2) is 35.0 Å². The predicted octanol–water partition coefficient (Wildman–Crippen LogP) is 1.70. The molecule has 0 bridgehead atoms. The third-order valence-corrected chi connectivity index (χ3v) is 3.81. The van der Waals surface area contributed by atoms with Gasteiger partial charge in [-0.3, -0.25) is 0 Å². The lowest BCUT2D eigenvalue weighted by Crippen LogP contribution is -2.18. The minimum Gasteiger partial charge on any atom is -0.383 e. The van der Waals surface area contributed by atoms with Gasteiger partial charge in [0.1, 0.15) is 6.33 Å². The number of benzene rings is 1. The Kier molecular flexibility index (Phi) is 5.38. The van der Waals surface area contributed by atoms with E-state index in [0.29, 0.717) is 0 Å². The molecule has 2 rings (SSSR count). The summed E-state index contributed by atoms with van der Waals surface area (Å²) in [6, 6.07) is 8.32. The van der Waals surface area contributed by atoms with E-state index in [1.54, 1.807) is 29.9 Å². The summed E-state index contributed by atoms with van der Waals surface area (Å²) in [5.41, 5.74) is 1.26. The Labute approximate surface area is 117 Å². The number of hydrogen-bond acceptors (Lipinski definition) is 5. The molecule has 0 atom stereocenters. The summed E-state index contributed by atoms with van der Waals surface area (Å²) in [5.74, 6) is 0. The Morgan fingerprint density at radius 3 is 2.95 bits per heavy atom. The van der Waals surface area contributed by atoms with Crippen molar-refractivity contribution in [1.82, 2.24) is 20.1 Å². The normalized spacial score (nSPS) is 10.8. The quantitative estimate of drug-likeness (QED) is 0.781. The molecule has 102 valence electrons. The number of aryl methyl sites for hydroxylation is 1. The van der Waals surface area contributed by atoms with E-state index in [2.05, 4.69) is 27.5 Å². The molecule has 0 aliphatic rings. The van der Waals surface area contributed by atoms with Crippen LogP contribution in [-0.2, 0) is 18.3 Å². The number of ether oxygens (including phenoxy) is 1. The number of nitrogens with one attached hydrogen (secondary N) is 1. The third kappa shape index (κ3) is 4.05. The second-order valence-electron chi connectivity index (χ2n) is 4.05. The average Bonchev–Trinajstić information content (AvgIpc) is 2.82. The Bertz CT molecular complexity index is 515. The maximum Gasteiger partial charge on any atom is 0.190 e. The van der Waals surface area contributed by atoms with E-state index in [0.717, 1.165) is 24.9 Å². The lowest BCUT2D eigenvalue weighted by Gasteiger charge is -2.09. The van der Waals surface area contributed by atoms with E-state index in [1.807, 2.05) is 19.2 Å². The summed E-state index contributed by atoms with van der Waals surface area (Å²) in [5, 5.41) is 8.33. The standard InChI is InChI=1S/C13H18N4OS/c1-17-13(15-10-16-17)19-12-6-4-3-5-11(12)9-14-7-8-18-2/h3-6,10,14H,7-9H2,1-2H3. The molecule has 0 unspecified atom stereocenters. The van der Waals surface area contributed by atoms with E-state index in [1.165, 1.54) is 10.5 Å². The number of hydrogen-bond donors (Lipinski definition) is 1. The van der Waals surface area contributed by atoms with Crippen LogP contribution >= 0.6 is 11.8 Å². The van der Waals surface area contributed by atoms with Gasteiger partial charge in [-0.2, -0.15) is 5.10 Å². The van der Waals surface area contributed by atoms with Crippen molar-refractivity contribution in [3.8, 4) is 0 Å². The number of rotatable bonds is 7. The van der Waals surface area contributed by atoms with Gasteiger partial charge in [0.2, 0.25) is 0 Å². The molecule has 0 radical (unpaired) electrons. The molecule has 0 aliphatic carbocycles. The maximum absolute atomic E-state index is 5.02. The van der Waals surface area contributed by atoms with Crippen molar-refractivity contribution in [2.75, 3.05) is 20.3 Å². The summed E-state index contributed by atoms with van der Waals surface area (Å²) >= 11 is 1.63. The maximum atomic E-state index is 5.02. The lowest BCUT2D eigenvalue weighted by atomic mass is 10.2. The first-order valence-electron chi connectivity index (χ1n) is 6.10. The smallest absolute Gasteiger partial charge is 0.190 e. The second kappa shape index (κ2) is 7.28. The molecule has 5 nitrogen and oxygen atoms in total. The summed E-state index contributed by atoms with van der Waals surface area (Å²) in [6.45, 7) is 2.39. The minimum absolute atomic E-state index is 0.721. The fourth-order valence-corrected chi connectivity index (χ4v) is 2.52. The molecule has 0 spiro atoms. The molecule has 2 aromatic rings. The highest BCUT2D eigenvalue weighted by atomic mass is 32.2. The zero-order valence-electron chi connectivity index (χ0n) is 11.2. The topological polar surface area (TPSA) is 52.0 Å². The van der Waals surface area contributed by atoms with Crippen molar-refractivity contribution in [3.05, 3.63) is 36.2 Å². The lowest BCUT2D eigenvalue weighted by molar-refractivity contribution is 0.199. The summed E-state index contributed by atoms with van der Waals surface area (Å²) in [4.78, 5) is 5.43. The van der Waals surface area contributed by atoms with Crippen LogP contribution in [0.5, 0.6) is 0 Å². The highest BCUT2D eigenvalue weighted by Gasteiger charge is 2.07. The zero-order valence-corrected chi connectivity index (χ0v) is 12.0. The van der Waals surface area contributed by atoms with Crippen LogP contribution in [0.25, 0.3) is 0 Å². The number of aromatic nitrogens is 3. The van der Waals surface area contributed by atoms with Gasteiger partial charge in [0.15, 0.2) is 5.16 Å². The second-order valence-corrected chi connectivity index (χ2v) is 5.05. The van der Waals surface area contributed by atoms with E-state index < -0.39 is 0 Å². The van der Waals surface area contributed by atoms with Crippen LogP contribution in [0.4, 0.5) is 0 Å². The fraction of sp³-hybridized carbons (Fsp3) is 0.385. The van der Waals surface area contributed by atoms with Crippen molar-refractivity contribution in [2.24, 2.45) is 7.05 Å². The van der Waals surface area contributed by atoms with Gasteiger partial charge < -0.3 is 10.1 Å². The van der Waals surface area contributed by atoms with Gasteiger partial charge in [-0.1, -0.05) is 18.2 Å². The van der Waals surface area contributed by atoms with Gasteiger partial charge in [0.25, 0.3) is 0 Å². The van der Waals surface area contributed by atoms with Crippen LogP contribution in [0.2, 0.25) is 0 Å². The Morgan fingerprint density at radius 2 is 2.21 bits per heavy atom. The Morgan fingerprint density at radius 1 is 1.37 bits per heavy atom. The van der Waals surface area contributed by atoms with Crippen molar-refractivity contribution in [2.45, 2.75) is 16.6 Å². The molecule has 0 aliphatic heterocycles. The van der Waals surface area contributed by atoms with E-state index in [4.69, 9.17) is 4.74 Å². The first-order valence-corrected chi connectivity index (χ1v) is 6.92. The molecule has 1 N–H and O–H groups in total. The Hall–Kier alpha value is -1.37. The van der Waals surface area contributed by atoms with Crippen LogP contribution in [0.15, 0.2) is 40.6 Å². The van der Waals surface area contributed by atoms with Gasteiger partial charge >= 0.3 is 0 Å². The van der Waals surface area contributed by atoms with Gasteiger partial charge in [0, 0.05) is 32.1 Å². The molecular formula is C13H18N4OS. The Balaban J connectivity index is 2.02. The largest absolute Gasteiger partial charge is 0.383 e. The van der Waals surface area contributed by atoms with Crippen LogP contribution in [0, 0.1) is 0 Å². The molecule has 0 saturated carbocycles. The van der Waals surface area contributed by atoms with Gasteiger partial charge in [-0.05, 0) is 23.4 Å². The van der Waals surface area contributed by atoms with Crippen LogP contribution in [0.1, 0.15) is 5.56 Å². The number of nitrogens with zero attached hydrogens (tertiary/aromatic N) is 3. The van der Waals surface area contributed by atoms with Gasteiger partial charge in [0.05, 0.1) is 6.61 Å². The molecule has 0 amide bonds. The highest BCUT2D eigenvalue weighted by Crippen LogP contribution is 2.28. The van der Waals surface area contributed by atoms with E-state index >= 15 is 0 Å². The van der Waals surface area contributed by atoms with E-state index in [9.17, 15) is 0 Å². The summed E-state index contributed by atoms with van der Waals surface area (Å²) < 4.78 is 6.80. The molecule has 1 aromatic heterocycles. The molecule has 19 heavy (non-hydrogen) atoms. The summed E-state index contributed by atoms with van der Waals surface area (Å²) in [6.07, 6.45) is 1.57. The average molecular weight is 278 g/mol. The van der Waals surface area contributed by atoms with Gasteiger partial charge in [-0.15, -0.1) is 0 Å². The molecule has 0 fully saturated rings. The highest BCUT2D eigenvalue weighted by molar-refractivity contribution is 7.99. The third-order valence-electron chi connectivity index (χ3n) is 2.64. The van der Waals surface area contributed by atoms with Crippen molar-refractivity contribution in [3.63, 3.8) is 0 Å². The fourth-order valence-electron chi connectivity index (χ4n) is 1.62. The number of methoxy groups -OCH3 is 1. The van der Waals surface area contributed by atoms with Crippen LogP contribution < -0.4 is 5.32 Å². The SMILES string of the molecule is COCCNCc1ccccc1Sc1ncnn1C. The monoisotopic (exact) mass is 278 g/mol. The van der Waals surface area contributed by atoms with Crippen molar-refractivity contribution >= 4 is 11.8 Å². The molecule has 1 aromatic carbocycles.